The Morgan fingerprint density at radius 3 is 2.41 bits per heavy atom. The molecule has 0 radical (unpaired) electrons. The second-order valence-electron chi connectivity index (χ2n) is 6.61. The van der Waals surface area contributed by atoms with Gasteiger partial charge in [-0.05, 0) is 42.3 Å². The summed E-state index contributed by atoms with van der Waals surface area (Å²) in [7, 11) is 0. The molecule has 154 valence electrons. The Morgan fingerprint density at radius 1 is 1.03 bits per heavy atom. The standard InChI is InChI=1S/C21H23FN2O4S/c1-14(2)11-23-19(25)12-28-21(27)17-5-3-4-6-18(17)29-13-20(26)24-16-9-7-15(22)8-10-16/h3-10,14H,11-13H2,1-2H3,(H,23,25)(H,24,26). The number of nitrogens with one attached hydrogen (secondary N) is 2. The zero-order chi connectivity index (χ0) is 21.2. The van der Waals surface area contributed by atoms with Crippen LogP contribution in [0.25, 0.3) is 0 Å². The molecule has 6 nitrogen and oxygen atoms in total. The first-order chi connectivity index (χ1) is 13.8. The van der Waals surface area contributed by atoms with E-state index in [-0.39, 0.29) is 35.6 Å². The van der Waals surface area contributed by atoms with Crippen molar-refractivity contribution in [3.8, 4) is 0 Å². The molecule has 0 unspecified atom stereocenters. The molecule has 2 rings (SSSR count). The fourth-order valence-corrected chi connectivity index (χ4v) is 3.05. The smallest absolute Gasteiger partial charge is 0.339 e. The maximum absolute atomic E-state index is 12.9. The van der Waals surface area contributed by atoms with Crippen molar-refractivity contribution in [1.29, 1.82) is 0 Å². The predicted molar refractivity (Wildman–Crippen MR) is 110 cm³/mol. The highest BCUT2D eigenvalue weighted by molar-refractivity contribution is 8.00. The van der Waals surface area contributed by atoms with E-state index in [1.54, 1.807) is 24.3 Å². The lowest BCUT2D eigenvalue weighted by Gasteiger charge is -2.11. The molecule has 0 atom stereocenters. The summed E-state index contributed by atoms with van der Waals surface area (Å²) in [5.74, 6) is -1.33. The lowest BCUT2D eigenvalue weighted by molar-refractivity contribution is -0.124. The van der Waals surface area contributed by atoms with Crippen LogP contribution in [0.2, 0.25) is 0 Å². The lowest BCUT2D eigenvalue weighted by atomic mass is 10.2. The Morgan fingerprint density at radius 2 is 1.72 bits per heavy atom. The molecule has 2 aromatic rings. The maximum atomic E-state index is 12.9. The van der Waals surface area contributed by atoms with Crippen LogP contribution in [-0.4, -0.2) is 36.7 Å². The van der Waals surface area contributed by atoms with Gasteiger partial charge in [-0.1, -0.05) is 26.0 Å². The van der Waals surface area contributed by atoms with Crippen molar-refractivity contribution in [1.82, 2.24) is 5.32 Å². The molecule has 0 aromatic heterocycles. The van der Waals surface area contributed by atoms with Gasteiger partial charge in [0.2, 0.25) is 5.91 Å². The van der Waals surface area contributed by atoms with Crippen molar-refractivity contribution in [3.63, 3.8) is 0 Å². The normalized spacial score (nSPS) is 10.5. The van der Waals surface area contributed by atoms with Gasteiger partial charge in [0.1, 0.15) is 5.82 Å². The second kappa shape index (κ2) is 11.2. The summed E-state index contributed by atoms with van der Waals surface area (Å²) >= 11 is 1.17. The number of halogens is 1. The zero-order valence-corrected chi connectivity index (χ0v) is 17.1. The average Bonchev–Trinajstić information content (AvgIpc) is 2.70. The molecule has 0 saturated heterocycles. The molecule has 0 bridgehead atoms. The van der Waals surface area contributed by atoms with E-state index in [4.69, 9.17) is 4.74 Å². The van der Waals surface area contributed by atoms with Crippen LogP contribution in [0.4, 0.5) is 10.1 Å². The molecule has 2 amide bonds. The number of carbonyl (C=O) groups excluding carboxylic acids is 3. The number of thioether (sulfide) groups is 1. The first-order valence-corrected chi connectivity index (χ1v) is 10.0. The number of hydrogen-bond acceptors (Lipinski definition) is 5. The summed E-state index contributed by atoms with van der Waals surface area (Å²) in [6.07, 6.45) is 0. The topological polar surface area (TPSA) is 84.5 Å². The quantitative estimate of drug-likeness (QED) is 0.481. The number of amides is 2. The Kier molecular flexibility index (Phi) is 8.67. The van der Waals surface area contributed by atoms with Gasteiger partial charge in [0.15, 0.2) is 6.61 Å². The third-order valence-electron chi connectivity index (χ3n) is 3.64. The molecule has 0 aliphatic carbocycles. The van der Waals surface area contributed by atoms with E-state index in [1.165, 1.54) is 36.0 Å². The summed E-state index contributed by atoms with van der Waals surface area (Å²) in [6.45, 7) is 4.07. The fraction of sp³-hybridized carbons (Fsp3) is 0.286. The largest absolute Gasteiger partial charge is 0.452 e. The minimum Gasteiger partial charge on any atom is -0.452 e. The van der Waals surface area contributed by atoms with E-state index in [0.717, 1.165) is 0 Å². The molecule has 0 aliphatic rings. The molecule has 0 fully saturated rings. The fourth-order valence-electron chi connectivity index (χ4n) is 2.21. The Balaban J connectivity index is 1.88. The van der Waals surface area contributed by atoms with Crippen molar-refractivity contribution in [3.05, 3.63) is 59.9 Å². The van der Waals surface area contributed by atoms with Gasteiger partial charge in [0.25, 0.3) is 5.91 Å². The molecule has 8 heteroatoms. The second-order valence-corrected chi connectivity index (χ2v) is 7.63. The van der Waals surface area contributed by atoms with Crippen LogP contribution < -0.4 is 10.6 Å². The van der Waals surface area contributed by atoms with Crippen LogP contribution in [0.5, 0.6) is 0 Å². The Hall–Kier alpha value is -2.87. The van der Waals surface area contributed by atoms with Crippen LogP contribution >= 0.6 is 11.8 Å². The van der Waals surface area contributed by atoms with Gasteiger partial charge in [-0.15, -0.1) is 11.8 Å². The molecule has 29 heavy (non-hydrogen) atoms. The number of rotatable bonds is 9. The molecule has 0 heterocycles. The third-order valence-corrected chi connectivity index (χ3v) is 4.71. The number of carbonyl (C=O) groups is 3. The molecule has 2 N–H and O–H groups in total. The van der Waals surface area contributed by atoms with Gasteiger partial charge >= 0.3 is 5.97 Å². The van der Waals surface area contributed by atoms with E-state index < -0.39 is 5.97 Å². The zero-order valence-electron chi connectivity index (χ0n) is 16.2. The van der Waals surface area contributed by atoms with Gasteiger partial charge < -0.3 is 15.4 Å². The summed E-state index contributed by atoms with van der Waals surface area (Å²) in [5.41, 5.74) is 0.765. The molecular formula is C21H23FN2O4S. The van der Waals surface area contributed by atoms with E-state index in [2.05, 4.69) is 10.6 Å². The first-order valence-electron chi connectivity index (χ1n) is 9.06. The lowest BCUT2D eigenvalue weighted by Crippen LogP contribution is -2.31. The predicted octanol–water partition coefficient (Wildman–Crippen LogP) is 3.49. The third kappa shape index (κ3) is 7.95. The van der Waals surface area contributed by atoms with Gasteiger partial charge in [-0.2, -0.15) is 0 Å². The van der Waals surface area contributed by atoms with E-state index >= 15 is 0 Å². The Labute approximate surface area is 173 Å². The van der Waals surface area contributed by atoms with Crippen molar-refractivity contribution in [2.45, 2.75) is 18.7 Å². The van der Waals surface area contributed by atoms with E-state index in [0.29, 0.717) is 23.0 Å². The summed E-state index contributed by atoms with van der Waals surface area (Å²) in [6, 6.07) is 12.1. The van der Waals surface area contributed by atoms with Crippen LogP contribution in [-0.2, 0) is 14.3 Å². The summed E-state index contributed by atoms with van der Waals surface area (Å²) in [4.78, 5) is 36.7. The minimum atomic E-state index is -0.633. The summed E-state index contributed by atoms with van der Waals surface area (Å²) < 4.78 is 18.0. The average molecular weight is 418 g/mol. The maximum Gasteiger partial charge on any atom is 0.339 e. The van der Waals surface area contributed by atoms with Gasteiger partial charge in [-0.25, -0.2) is 9.18 Å². The van der Waals surface area contributed by atoms with Gasteiger partial charge in [0.05, 0.1) is 11.3 Å². The van der Waals surface area contributed by atoms with Crippen LogP contribution in [0.1, 0.15) is 24.2 Å². The number of hydrogen-bond donors (Lipinski definition) is 2. The van der Waals surface area contributed by atoms with E-state index in [9.17, 15) is 18.8 Å². The van der Waals surface area contributed by atoms with Crippen molar-refractivity contribution in [2.24, 2.45) is 5.92 Å². The summed E-state index contributed by atoms with van der Waals surface area (Å²) in [5, 5.41) is 5.33. The van der Waals surface area contributed by atoms with Crippen molar-refractivity contribution >= 4 is 35.2 Å². The number of esters is 1. The number of ether oxygens (including phenoxy) is 1. The van der Waals surface area contributed by atoms with Gasteiger partial charge in [-0.3, -0.25) is 9.59 Å². The Bertz CT molecular complexity index is 856. The van der Waals surface area contributed by atoms with Crippen molar-refractivity contribution in [2.75, 3.05) is 24.2 Å². The highest BCUT2D eigenvalue weighted by Crippen LogP contribution is 2.23. The number of anilines is 1. The highest BCUT2D eigenvalue weighted by atomic mass is 32.2. The highest BCUT2D eigenvalue weighted by Gasteiger charge is 2.15. The van der Waals surface area contributed by atoms with Crippen LogP contribution in [0.15, 0.2) is 53.4 Å². The SMILES string of the molecule is CC(C)CNC(=O)COC(=O)c1ccccc1SCC(=O)Nc1ccc(F)cc1. The molecule has 0 aliphatic heterocycles. The van der Waals surface area contributed by atoms with Crippen LogP contribution in [0.3, 0.4) is 0 Å². The van der Waals surface area contributed by atoms with E-state index in [1.807, 2.05) is 13.8 Å². The molecule has 0 saturated carbocycles. The first kappa shape index (κ1) is 22.4. The van der Waals surface area contributed by atoms with Gasteiger partial charge in [0, 0.05) is 17.1 Å². The molecule has 0 spiro atoms. The number of benzene rings is 2. The molecular weight excluding hydrogens is 395 g/mol. The minimum absolute atomic E-state index is 0.0521. The molecule has 2 aromatic carbocycles. The monoisotopic (exact) mass is 418 g/mol. The van der Waals surface area contributed by atoms with Crippen molar-refractivity contribution < 1.29 is 23.5 Å². The van der Waals surface area contributed by atoms with Crippen LogP contribution in [0, 0.1) is 11.7 Å².